The van der Waals surface area contributed by atoms with Gasteiger partial charge in [0.1, 0.15) is 17.5 Å². The lowest BCUT2D eigenvalue weighted by molar-refractivity contribution is 0.627. The van der Waals surface area contributed by atoms with E-state index in [2.05, 4.69) is 46.4 Å². The summed E-state index contributed by atoms with van der Waals surface area (Å²) in [6.45, 7) is -4.97. The quantitative estimate of drug-likeness (QED) is 0.116. The van der Waals surface area contributed by atoms with Crippen LogP contribution in [0, 0.1) is 31.2 Å². The van der Waals surface area contributed by atoms with Gasteiger partial charge in [-0.25, -0.2) is 13.2 Å². The van der Waals surface area contributed by atoms with Crippen molar-refractivity contribution in [3.05, 3.63) is 257 Å². The topological polar surface area (TPSA) is 38.7 Å². The fourth-order valence-electron chi connectivity index (χ4n) is 8.85. The highest BCUT2D eigenvalue weighted by molar-refractivity contribution is 5.93. The Labute approximate surface area is 410 Å². The van der Waals surface area contributed by atoms with Crippen molar-refractivity contribution in [1.82, 2.24) is 15.0 Å². The normalized spacial score (nSPS) is 12.9. The molecule has 0 saturated heterocycles. The van der Waals surface area contributed by atoms with E-state index in [0.29, 0.717) is 57.6 Å². The number of pyridine rings is 3. The van der Waals surface area contributed by atoms with Crippen LogP contribution in [0.2, 0.25) is 0 Å². The molecule has 69 heavy (non-hydrogen) atoms. The molecule has 336 valence electrons. The van der Waals surface area contributed by atoms with Crippen LogP contribution in [0.15, 0.2) is 207 Å². The molecule has 6 heteroatoms. The van der Waals surface area contributed by atoms with E-state index in [0.717, 1.165) is 55.8 Å². The van der Waals surface area contributed by atoms with E-state index in [9.17, 15) is 8.78 Å². The third-order valence-corrected chi connectivity index (χ3v) is 12.5. The Bertz CT molecular complexity index is 3530. The molecule has 0 saturated carbocycles. The maximum Gasteiger partial charge on any atom is 0.123 e. The van der Waals surface area contributed by atoms with Crippen molar-refractivity contribution in [1.29, 1.82) is 0 Å². The zero-order valence-electron chi connectivity index (χ0n) is 43.4. The molecule has 0 amide bonds. The third-order valence-electron chi connectivity index (χ3n) is 12.5. The lowest BCUT2D eigenvalue weighted by Gasteiger charge is -2.18. The molecule has 0 N–H and O–H groups in total. The van der Waals surface area contributed by atoms with Gasteiger partial charge >= 0.3 is 0 Å². The van der Waals surface area contributed by atoms with E-state index < -0.39 is 31.2 Å². The molecule has 3 aromatic heterocycles. The van der Waals surface area contributed by atoms with E-state index in [-0.39, 0.29) is 24.0 Å². The predicted molar refractivity (Wildman–Crippen MR) is 275 cm³/mol. The van der Waals surface area contributed by atoms with Crippen molar-refractivity contribution in [2.45, 2.75) is 39.4 Å². The van der Waals surface area contributed by atoms with Crippen molar-refractivity contribution in [2.24, 2.45) is 0 Å². The van der Waals surface area contributed by atoms with Gasteiger partial charge in [-0.05, 0) is 197 Å². The second-order valence-corrected chi connectivity index (χ2v) is 17.1. The number of rotatable bonds is 13. The Balaban J connectivity index is 1.09. The van der Waals surface area contributed by atoms with E-state index in [4.69, 9.17) is 13.2 Å². The largest absolute Gasteiger partial charge is 0.256 e. The van der Waals surface area contributed by atoms with Gasteiger partial charge in [0.05, 0.1) is 17.1 Å². The summed E-state index contributed by atoms with van der Waals surface area (Å²) in [7, 11) is 0. The first-order valence-corrected chi connectivity index (χ1v) is 22.8. The molecular weight excluding hydrogens is 856 g/mol. The minimum atomic E-state index is -2.49. The monoisotopic (exact) mass is 909 g/mol. The number of hydrogen-bond donors (Lipinski definition) is 0. The van der Waals surface area contributed by atoms with Gasteiger partial charge in [-0.3, -0.25) is 15.0 Å². The van der Waals surface area contributed by atoms with Crippen LogP contribution in [0.4, 0.5) is 13.2 Å². The van der Waals surface area contributed by atoms with Gasteiger partial charge in [0.25, 0.3) is 0 Å². The number of aryl methyl sites for hydroxylation is 6. The zero-order valence-corrected chi connectivity index (χ0v) is 37.4. The highest BCUT2D eigenvalue weighted by atomic mass is 19.1. The minimum Gasteiger partial charge on any atom is -0.256 e. The molecule has 0 fully saturated rings. The minimum absolute atomic E-state index is 0.129. The standard InChI is InChI=1S/C63H48F3N3/c1-41-30-61(47-20-24-54(64)25-21-47)67-38-51(41)18-16-43-32-44(17-19-52-39-68-62(31-42(52)2)48-22-26-55(65)27-23-48)34-53(33-43)58-36-56(66)28-29-57(58)60-40-69-63(46-12-7-4-8-13-46)37-59(60)50-15-9-14-49(35-50)45-10-5-3-6-11-45/h3-15,20-40H,16-19H2,1-2H3/i1D3,2D3. The molecule has 3 nitrogen and oxygen atoms in total. The molecule has 0 radical (unpaired) electrons. The molecule has 0 aliphatic heterocycles. The Morgan fingerprint density at radius 3 is 1.39 bits per heavy atom. The highest BCUT2D eigenvalue weighted by Crippen LogP contribution is 2.41. The number of aromatic nitrogens is 3. The summed E-state index contributed by atoms with van der Waals surface area (Å²) >= 11 is 0. The first kappa shape index (κ1) is 37.8. The van der Waals surface area contributed by atoms with Gasteiger partial charge in [0.2, 0.25) is 0 Å². The van der Waals surface area contributed by atoms with Crippen molar-refractivity contribution in [2.75, 3.05) is 0 Å². The van der Waals surface area contributed by atoms with E-state index >= 15 is 4.39 Å². The van der Waals surface area contributed by atoms with Crippen molar-refractivity contribution < 1.29 is 21.4 Å². The number of halogens is 3. The molecule has 7 aromatic carbocycles. The van der Waals surface area contributed by atoms with E-state index in [1.54, 1.807) is 54.9 Å². The maximum atomic E-state index is 15.9. The lowest BCUT2D eigenvalue weighted by atomic mass is 9.87. The van der Waals surface area contributed by atoms with Gasteiger partial charge < -0.3 is 0 Å². The smallest absolute Gasteiger partial charge is 0.123 e. The van der Waals surface area contributed by atoms with Crippen molar-refractivity contribution in [3.63, 3.8) is 0 Å². The molecule has 0 spiro atoms. The average Bonchev–Trinajstić information content (AvgIpc) is 3.42. The lowest BCUT2D eigenvalue weighted by Crippen LogP contribution is -2.01. The first-order valence-electron chi connectivity index (χ1n) is 25.8. The summed E-state index contributed by atoms with van der Waals surface area (Å²) in [6, 6.07) is 55.7. The Morgan fingerprint density at radius 2 is 0.812 bits per heavy atom. The second kappa shape index (κ2) is 19.9. The van der Waals surface area contributed by atoms with Gasteiger partial charge in [-0.15, -0.1) is 0 Å². The molecule has 10 rings (SSSR count). The van der Waals surface area contributed by atoms with Crippen LogP contribution in [-0.2, 0) is 25.7 Å². The molecule has 0 atom stereocenters. The van der Waals surface area contributed by atoms with Crippen LogP contribution in [0.5, 0.6) is 0 Å². The number of benzene rings is 7. The van der Waals surface area contributed by atoms with Crippen LogP contribution in [-0.4, -0.2) is 15.0 Å². The number of hydrogen-bond acceptors (Lipinski definition) is 3. The Morgan fingerprint density at radius 1 is 0.333 bits per heavy atom. The molecule has 0 aliphatic carbocycles. The predicted octanol–water partition coefficient (Wildman–Crippen LogP) is 16.1. The number of nitrogens with zero attached hydrogens (tertiary/aromatic N) is 3. The summed E-state index contributed by atoms with van der Waals surface area (Å²) in [6.07, 6.45) is 6.27. The molecule has 10 aromatic rings. The molecule has 0 unspecified atom stereocenters. The summed E-state index contributed by atoms with van der Waals surface area (Å²) < 4.78 is 94.6. The summed E-state index contributed by atoms with van der Waals surface area (Å²) in [5, 5.41) is 0. The summed E-state index contributed by atoms with van der Waals surface area (Å²) in [5.41, 5.74) is 13.3. The van der Waals surface area contributed by atoms with E-state index in [1.165, 1.54) is 36.4 Å². The van der Waals surface area contributed by atoms with E-state index in [1.807, 2.05) is 79.0 Å². The fraction of sp³-hybridized carbons (Fsp3) is 0.0952. The second-order valence-electron chi connectivity index (χ2n) is 17.1. The van der Waals surface area contributed by atoms with Crippen LogP contribution < -0.4 is 0 Å². The van der Waals surface area contributed by atoms with Gasteiger partial charge in [-0.1, -0.05) is 103 Å². The molecule has 0 bridgehead atoms. The SMILES string of the molecule is [2H]C([2H])([2H])c1cc(-c2ccc(F)cc2)ncc1CCc1cc(CCc2cnc(-c3ccc(F)cc3)cc2C([2H])([2H])[2H])cc(-c2cc(F)ccc2-c2cnc(-c3ccccc3)cc2-c2cccc(-c3ccccc3)c2)c1. The molecule has 0 aliphatic rings. The molecular formula is C63H48F3N3. The Hall–Kier alpha value is -8.22. The highest BCUT2D eigenvalue weighted by Gasteiger charge is 2.18. The van der Waals surface area contributed by atoms with Crippen molar-refractivity contribution in [3.8, 4) is 78.3 Å². The maximum absolute atomic E-state index is 15.9. The van der Waals surface area contributed by atoms with Crippen LogP contribution in [0.3, 0.4) is 0 Å². The van der Waals surface area contributed by atoms with Crippen LogP contribution >= 0.6 is 0 Å². The van der Waals surface area contributed by atoms with Gasteiger partial charge in [-0.2, -0.15) is 0 Å². The fourth-order valence-corrected chi connectivity index (χ4v) is 8.85. The van der Waals surface area contributed by atoms with Crippen LogP contribution in [0.25, 0.3) is 78.3 Å². The summed E-state index contributed by atoms with van der Waals surface area (Å²) in [4.78, 5) is 14.2. The van der Waals surface area contributed by atoms with Crippen LogP contribution in [0.1, 0.15) is 41.6 Å². The zero-order chi connectivity index (χ0) is 52.3. The molecule has 3 heterocycles. The van der Waals surface area contributed by atoms with Gasteiger partial charge in [0.15, 0.2) is 0 Å². The summed E-state index contributed by atoms with van der Waals surface area (Å²) in [5.74, 6) is -1.29. The van der Waals surface area contributed by atoms with Gasteiger partial charge in [0, 0.05) is 49.1 Å². The first-order chi connectivity index (χ1) is 36.1. The average molecular weight is 910 g/mol. The Kier molecular flexibility index (Phi) is 10.9. The van der Waals surface area contributed by atoms with Crippen molar-refractivity contribution >= 4 is 0 Å². The third kappa shape index (κ3) is 10.2.